The number of hydrogen-bond donors (Lipinski definition) is 1. The molecule has 88 valence electrons. The largest absolute Gasteiger partial charge is 0.492 e. The Morgan fingerprint density at radius 1 is 1.38 bits per heavy atom. The maximum absolute atomic E-state index is 6.01. The van der Waals surface area contributed by atoms with Gasteiger partial charge in [-0.1, -0.05) is 23.2 Å². The van der Waals surface area contributed by atoms with Crippen molar-refractivity contribution >= 4 is 23.2 Å². The number of nitrogens with one attached hydrogen (secondary N) is 1. The molecule has 1 atom stereocenters. The minimum Gasteiger partial charge on any atom is -0.492 e. The van der Waals surface area contributed by atoms with Crippen molar-refractivity contribution in [3.8, 4) is 5.75 Å². The minimum atomic E-state index is 0.573. The van der Waals surface area contributed by atoms with Gasteiger partial charge in [-0.05, 0) is 31.5 Å². The lowest BCUT2D eigenvalue weighted by Gasteiger charge is -2.23. The monoisotopic (exact) mass is 259 g/mol. The van der Waals surface area contributed by atoms with Crippen LogP contribution in [0.1, 0.15) is 12.8 Å². The molecular formula is C12H15Cl2NO. The van der Waals surface area contributed by atoms with E-state index < -0.39 is 0 Å². The van der Waals surface area contributed by atoms with E-state index in [1.807, 2.05) is 0 Å². The Labute approximate surface area is 106 Å². The molecule has 2 nitrogen and oxygen atoms in total. The third-order valence-corrected chi connectivity index (χ3v) is 3.31. The van der Waals surface area contributed by atoms with E-state index in [1.54, 1.807) is 18.2 Å². The Morgan fingerprint density at radius 3 is 3.00 bits per heavy atom. The molecule has 1 unspecified atom stereocenters. The molecule has 0 radical (unpaired) electrons. The Kier molecular flexibility index (Phi) is 4.33. The van der Waals surface area contributed by atoms with Crippen LogP contribution in [0.2, 0.25) is 10.0 Å². The fourth-order valence-electron chi connectivity index (χ4n) is 1.86. The predicted molar refractivity (Wildman–Crippen MR) is 67.6 cm³/mol. The van der Waals surface area contributed by atoms with E-state index in [9.17, 15) is 0 Å². The van der Waals surface area contributed by atoms with Crippen molar-refractivity contribution in [1.82, 2.24) is 5.32 Å². The Bertz CT molecular complexity index is 351. The van der Waals surface area contributed by atoms with Gasteiger partial charge in [0.25, 0.3) is 0 Å². The quantitative estimate of drug-likeness (QED) is 0.899. The summed E-state index contributed by atoms with van der Waals surface area (Å²) >= 11 is 11.9. The first-order valence-electron chi connectivity index (χ1n) is 5.54. The van der Waals surface area contributed by atoms with Crippen molar-refractivity contribution in [1.29, 1.82) is 0 Å². The highest BCUT2D eigenvalue weighted by molar-refractivity contribution is 6.34. The summed E-state index contributed by atoms with van der Waals surface area (Å²) in [6.45, 7) is 2.85. The van der Waals surface area contributed by atoms with Crippen LogP contribution in [0.5, 0.6) is 5.75 Å². The van der Waals surface area contributed by atoms with Gasteiger partial charge in [-0.25, -0.2) is 0 Å². The highest BCUT2D eigenvalue weighted by atomic mass is 35.5. The summed E-state index contributed by atoms with van der Waals surface area (Å²) in [5.74, 6) is 1.25. The number of piperidine rings is 1. The smallest absolute Gasteiger partial charge is 0.139 e. The van der Waals surface area contributed by atoms with E-state index >= 15 is 0 Å². The van der Waals surface area contributed by atoms with Gasteiger partial charge in [0.2, 0.25) is 0 Å². The van der Waals surface area contributed by atoms with Crippen LogP contribution in [0.4, 0.5) is 0 Å². The van der Waals surface area contributed by atoms with Crippen LogP contribution in [-0.4, -0.2) is 19.7 Å². The molecule has 1 aromatic rings. The van der Waals surface area contributed by atoms with Crippen LogP contribution in [-0.2, 0) is 0 Å². The van der Waals surface area contributed by atoms with Crippen LogP contribution in [0.25, 0.3) is 0 Å². The molecule has 0 aliphatic carbocycles. The molecule has 0 bridgehead atoms. The molecular weight excluding hydrogens is 245 g/mol. The molecule has 1 aliphatic heterocycles. The fraction of sp³-hybridized carbons (Fsp3) is 0.500. The maximum atomic E-state index is 6.01. The van der Waals surface area contributed by atoms with E-state index in [4.69, 9.17) is 27.9 Å². The van der Waals surface area contributed by atoms with Gasteiger partial charge in [0.1, 0.15) is 5.75 Å². The minimum absolute atomic E-state index is 0.573. The predicted octanol–water partition coefficient (Wildman–Crippen LogP) is 3.37. The Morgan fingerprint density at radius 2 is 2.25 bits per heavy atom. The van der Waals surface area contributed by atoms with E-state index in [2.05, 4.69) is 5.32 Å². The van der Waals surface area contributed by atoms with Gasteiger partial charge in [-0.15, -0.1) is 0 Å². The first-order valence-corrected chi connectivity index (χ1v) is 6.30. The first kappa shape index (κ1) is 12.0. The second-order valence-electron chi connectivity index (χ2n) is 4.10. The highest BCUT2D eigenvalue weighted by Gasteiger charge is 2.14. The average molecular weight is 260 g/mol. The summed E-state index contributed by atoms with van der Waals surface area (Å²) in [4.78, 5) is 0. The molecule has 1 fully saturated rings. The summed E-state index contributed by atoms with van der Waals surface area (Å²) in [6.07, 6.45) is 2.43. The fourth-order valence-corrected chi connectivity index (χ4v) is 2.20. The number of hydrogen-bond acceptors (Lipinski definition) is 2. The molecule has 1 aliphatic rings. The number of benzene rings is 1. The standard InChI is InChI=1S/C12H15Cl2NO/c13-10-3-4-11(14)12(6-10)16-8-9-2-1-5-15-7-9/h3-4,6,9,15H,1-2,5,7-8H2. The van der Waals surface area contributed by atoms with Crippen LogP contribution >= 0.6 is 23.2 Å². The molecule has 1 heterocycles. The summed E-state index contributed by atoms with van der Waals surface area (Å²) in [5, 5.41) is 4.63. The molecule has 1 aromatic carbocycles. The van der Waals surface area contributed by atoms with Crippen molar-refractivity contribution < 1.29 is 4.74 Å². The van der Waals surface area contributed by atoms with E-state index in [0.29, 0.717) is 28.3 Å². The zero-order valence-electron chi connectivity index (χ0n) is 9.01. The lowest BCUT2D eigenvalue weighted by Crippen LogP contribution is -2.33. The molecule has 16 heavy (non-hydrogen) atoms. The van der Waals surface area contributed by atoms with Crippen LogP contribution in [0, 0.1) is 5.92 Å². The summed E-state index contributed by atoms with van der Waals surface area (Å²) in [6, 6.07) is 5.29. The molecule has 0 spiro atoms. The van der Waals surface area contributed by atoms with Gasteiger partial charge in [0.05, 0.1) is 11.6 Å². The highest BCUT2D eigenvalue weighted by Crippen LogP contribution is 2.28. The normalized spacial score (nSPS) is 20.8. The number of halogens is 2. The summed E-state index contributed by atoms with van der Waals surface area (Å²) in [7, 11) is 0. The van der Waals surface area contributed by atoms with Gasteiger partial charge in [0, 0.05) is 23.6 Å². The third-order valence-electron chi connectivity index (χ3n) is 2.77. The van der Waals surface area contributed by atoms with Crippen LogP contribution in [0.15, 0.2) is 18.2 Å². The molecule has 0 amide bonds. The van der Waals surface area contributed by atoms with Crippen molar-refractivity contribution in [3.63, 3.8) is 0 Å². The van der Waals surface area contributed by atoms with Crippen molar-refractivity contribution in [2.24, 2.45) is 5.92 Å². The third kappa shape index (κ3) is 3.27. The van der Waals surface area contributed by atoms with Crippen LogP contribution in [0.3, 0.4) is 0 Å². The van der Waals surface area contributed by atoms with Gasteiger partial charge < -0.3 is 10.1 Å². The first-order chi connectivity index (χ1) is 7.75. The zero-order valence-corrected chi connectivity index (χ0v) is 10.5. The van der Waals surface area contributed by atoms with Crippen molar-refractivity contribution in [2.75, 3.05) is 19.7 Å². The summed E-state index contributed by atoms with van der Waals surface area (Å²) in [5.41, 5.74) is 0. The molecule has 4 heteroatoms. The Balaban J connectivity index is 1.90. The van der Waals surface area contributed by atoms with Gasteiger partial charge in [0.15, 0.2) is 0 Å². The van der Waals surface area contributed by atoms with Gasteiger partial charge in [-0.3, -0.25) is 0 Å². The van der Waals surface area contributed by atoms with Gasteiger partial charge >= 0.3 is 0 Å². The molecule has 2 rings (SSSR count). The Hall–Kier alpha value is -0.440. The topological polar surface area (TPSA) is 21.3 Å². The van der Waals surface area contributed by atoms with E-state index in [0.717, 1.165) is 13.1 Å². The maximum Gasteiger partial charge on any atom is 0.139 e. The summed E-state index contributed by atoms with van der Waals surface area (Å²) < 4.78 is 5.70. The van der Waals surface area contributed by atoms with E-state index in [-0.39, 0.29) is 0 Å². The van der Waals surface area contributed by atoms with Crippen molar-refractivity contribution in [2.45, 2.75) is 12.8 Å². The second-order valence-corrected chi connectivity index (χ2v) is 4.94. The van der Waals surface area contributed by atoms with Crippen molar-refractivity contribution in [3.05, 3.63) is 28.2 Å². The molecule has 1 N–H and O–H groups in total. The lowest BCUT2D eigenvalue weighted by molar-refractivity contribution is 0.218. The van der Waals surface area contributed by atoms with E-state index in [1.165, 1.54) is 12.8 Å². The lowest BCUT2D eigenvalue weighted by atomic mass is 10.0. The number of rotatable bonds is 3. The second kappa shape index (κ2) is 5.76. The zero-order chi connectivity index (χ0) is 11.4. The average Bonchev–Trinajstić information content (AvgIpc) is 2.32. The van der Waals surface area contributed by atoms with Crippen LogP contribution < -0.4 is 10.1 Å². The number of ether oxygens (including phenoxy) is 1. The molecule has 0 aromatic heterocycles. The molecule has 0 saturated carbocycles. The van der Waals surface area contributed by atoms with Gasteiger partial charge in [-0.2, -0.15) is 0 Å². The SMILES string of the molecule is Clc1ccc(Cl)c(OCC2CCCNC2)c1. The molecule has 1 saturated heterocycles.